The van der Waals surface area contributed by atoms with E-state index in [9.17, 15) is 8.42 Å². The zero-order chi connectivity index (χ0) is 19.0. The number of nitrogens with zero attached hydrogens (tertiary/aromatic N) is 3. The Kier molecular flexibility index (Phi) is 4.60. The number of hydrogen-bond donors (Lipinski definition) is 3. The summed E-state index contributed by atoms with van der Waals surface area (Å²) in [6, 6.07) is 2.07. The monoisotopic (exact) mass is 390 g/mol. The van der Waals surface area contributed by atoms with Crippen molar-refractivity contribution in [1.82, 2.24) is 24.9 Å². The third-order valence-corrected chi connectivity index (χ3v) is 6.29. The second-order valence-corrected chi connectivity index (χ2v) is 8.73. The van der Waals surface area contributed by atoms with Crippen LogP contribution in [0, 0.1) is 6.92 Å². The van der Waals surface area contributed by atoms with Crippen molar-refractivity contribution < 1.29 is 12.8 Å². The Morgan fingerprint density at radius 1 is 1.30 bits per heavy atom. The van der Waals surface area contributed by atoms with Crippen LogP contribution in [0.5, 0.6) is 0 Å². The highest BCUT2D eigenvalue weighted by atomic mass is 32.2. The Labute approximate surface area is 157 Å². The minimum absolute atomic E-state index is 0.0308. The SMILES string of the molecule is CCCS(=O)(=O)NC1CC(Nc2c(-c3nnc(C)o3)cnc3[nH]ccc23)C1. The molecule has 10 heteroatoms. The number of rotatable bonds is 7. The van der Waals surface area contributed by atoms with E-state index in [0.29, 0.717) is 18.2 Å². The number of hydrogen-bond acceptors (Lipinski definition) is 7. The van der Waals surface area contributed by atoms with Gasteiger partial charge in [-0.2, -0.15) is 0 Å². The molecule has 0 atom stereocenters. The molecule has 0 bridgehead atoms. The highest BCUT2D eigenvalue weighted by Crippen LogP contribution is 2.35. The van der Waals surface area contributed by atoms with E-state index in [1.165, 1.54) is 0 Å². The lowest BCUT2D eigenvalue weighted by Gasteiger charge is -2.37. The van der Waals surface area contributed by atoms with Crippen LogP contribution in [-0.2, 0) is 10.0 Å². The summed E-state index contributed by atoms with van der Waals surface area (Å²) in [6.45, 7) is 3.60. The molecule has 0 aromatic carbocycles. The largest absolute Gasteiger partial charge is 0.421 e. The van der Waals surface area contributed by atoms with E-state index in [1.54, 1.807) is 13.1 Å². The molecule has 1 aliphatic carbocycles. The first-order valence-corrected chi connectivity index (χ1v) is 10.6. The molecule has 1 fully saturated rings. The van der Waals surface area contributed by atoms with Crippen LogP contribution in [-0.4, -0.2) is 46.4 Å². The predicted molar refractivity (Wildman–Crippen MR) is 102 cm³/mol. The van der Waals surface area contributed by atoms with Gasteiger partial charge in [0, 0.05) is 36.8 Å². The third-order valence-electron chi connectivity index (χ3n) is 4.65. The Morgan fingerprint density at radius 2 is 2.11 bits per heavy atom. The number of aromatic amines is 1. The summed E-state index contributed by atoms with van der Waals surface area (Å²) in [5.41, 5.74) is 2.36. The first-order valence-electron chi connectivity index (χ1n) is 8.98. The van der Waals surface area contributed by atoms with Gasteiger partial charge in [0.1, 0.15) is 5.65 Å². The summed E-state index contributed by atoms with van der Waals surface area (Å²) in [7, 11) is -3.19. The molecular weight excluding hydrogens is 368 g/mol. The molecule has 0 unspecified atom stereocenters. The van der Waals surface area contributed by atoms with Crippen molar-refractivity contribution in [3.05, 3.63) is 24.4 Å². The van der Waals surface area contributed by atoms with Gasteiger partial charge in [0.05, 0.1) is 17.0 Å². The molecule has 3 heterocycles. The lowest BCUT2D eigenvalue weighted by atomic mass is 9.87. The van der Waals surface area contributed by atoms with E-state index in [4.69, 9.17) is 4.42 Å². The second kappa shape index (κ2) is 6.93. The number of pyridine rings is 1. The molecule has 9 nitrogen and oxygen atoms in total. The van der Waals surface area contributed by atoms with E-state index >= 15 is 0 Å². The van der Waals surface area contributed by atoms with Crippen molar-refractivity contribution in [1.29, 1.82) is 0 Å². The Morgan fingerprint density at radius 3 is 2.81 bits per heavy atom. The van der Waals surface area contributed by atoms with Gasteiger partial charge in [-0.3, -0.25) is 0 Å². The van der Waals surface area contributed by atoms with Crippen molar-refractivity contribution in [3.63, 3.8) is 0 Å². The second-order valence-electron chi connectivity index (χ2n) is 6.86. The van der Waals surface area contributed by atoms with Crippen molar-refractivity contribution in [2.24, 2.45) is 0 Å². The van der Waals surface area contributed by atoms with Crippen molar-refractivity contribution in [2.75, 3.05) is 11.1 Å². The lowest BCUT2D eigenvalue weighted by Crippen LogP contribution is -2.50. The summed E-state index contributed by atoms with van der Waals surface area (Å²) in [5, 5.41) is 12.4. The molecule has 3 N–H and O–H groups in total. The van der Waals surface area contributed by atoms with Crippen LogP contribution in [0.15, 0.2) is 22.9 Å². The summed E-state index contributed by atoms with van der Waals surface area (Å²) < 4.78 is 32.2. The average Bonchev–Trinajstić information content (AvgIpc) is 3.21. The zero-order valence-corrected chi connectivity index (χ0v) is 16.0. The first-order chi connectivity index (χ1) is 12.9. The topological polar surface area (TPSA) is 126 Å². The summed E-state index contributed by atoms with van der Waals surface area (Å²) in [6.07, 6.45) is 5.58. The fraction of sp³-hybridized carbons (Fsp3) is 0.471. The number of aromatic nitrogens is 4. The van der Waals surface area contributed by atoms with Gasteiger partial charge in [-0.15, -0.1) is 10.2 Å². The predicted octanol–water partition coefficient (Wildman–Crippen LogP) is 2.19. The summed E-state index contributed by atoms with van der Waals surface area (Å²) in [5.74, 6) is 1.06. The normalized spacial score (nSPS) is 19.9. The van der Waals surface area contributed by atoms with Gasteiger partial charge in [-0.05, 0) is 25.3 Å². The van der Waals surface area contributed by atoms with Crippen LogP contribution in [0.25, 0.3) is 22.5 Å². The van der Waals surface area contributed by atoms with E-state index in [1.807, 2.05) is 19.2 Å². The molecule has 27 heavy (non-hydrogen) atoms. The molecule has 0 radical (unpaired) electrons. The van der Waals surface area contributed by atoms with Gasteiger partial charge in [-0.25, -0.2) is 18.1 Å². The van der Waals surface area contributed by atoms with Crippen molar-refractivity contribution in [2.45, 2.75) is 45.2 Å². The summed E-state index contributed by atoms with van der Waals surface area (Å²) in [4.78, 5) is 7.51. The molecule has 4 rings (SSSR count). The van der Waals surface area contributed by atoms with Crippen LogP contribution in [0.1, 0.15) is 32.1 Å². The smallest absolute Gasteiger partial charge is 0.251 e. The van der Waals surface area contributed by atoms with Crippen molar-refractivity contribution >= 4 is 26.7 Å². The maximum absolute atomic E-state index is 11.9. The van der Waals surface area contributed by atoms with E-state index < -0.39 is 10.0 Å². The first kappa shape index (κ1) is 17.9. The number of sulfonamides is 1. The Bertz CT molecular complexity index is 1050. The number of aryl methyl sites for hydroxylation is 1. The quantitative estimate of drug-likeness (QED) is 0.564. The number of H-pyrrole nitrogens is 1. The van der Waals surface area contributed by atoms with Gasteiger partial charge >= 0.3 is 0 Å². The van der Waals surface area contributed by atoms with Gasteiger partial charge in [0.25, 0.3) is 5.89 Å². The van der Waals surface area contributed by atoms with Crippen LogP contribution in [0.2, 0.25) is 0 Å². The average molecular weight is 390 g/mol. The number of nitrogens with one attached hydrogen (secondary N) is 3. The lowest BCUT2D eigenvalue weighted by molar-refractivity contribution is 0.346. The highest BCUT2D eigenvalue weighted by molar-refractivity contribution is 7.89. The fourth-order valence-corrected chi connectivity index (χ4v) is 4.70. The van der Waals surface area contributed by atoms with E-state index in [0.717, 1.165) is 35.1 Å². The van der Waals surface area contributed by atoms with Crippen LogP contribution < -0.4 is 10.0 Å². The minimum atomic E-state index is -3.19. The summed E-state index contributed by atoms with van der Waals surface area (Å²) >= 11 is 0. The fourth-order valence-electron chi connectivity index (χ4n) is 3.35. The maximum Gasteiger partial charge on any atom is 0.251 e. The van der Waals surface area contributed by atoms with Gasteiger partial charge in [0.2, 0.25) is 15.9 Å². The molecule has 0 aliphatic heterocycles. The molecular formula is C17H22N6O3S. The van der Waals surface area contributed by atoms with Crippen LogP contribution >= 0.6 is 0 Å². The molecule has 1 saturated carbocycles. The third kappa shape index (κ3) is 3.67. The highest BCUT2D eigenvalue weighted by Gasteiger charge is 2.33. The van der Waals surface area contributed by atoms with Gasteiger partial charge < -0.3 is 14.7 Å². The molecule has 144 valence electrons. The van der Waals surface area contributed by atoms with E-state index in [-0.39, 0.29) is 17.8 Å². The zero-order valence-electron chi connectivity index (χ0n) is 15.2. The molecule has 1 aliphatic rings. The Balaban J connectivity index is 1.53. The van der Waals surface area contributed by atoms with Gasteiger partial charge in [0.15, 0.2) is 0 Å². The van der Waals surface area contributed by atoms with Gasteiger partial charge in [-0.1, -0.05) is 6.92 Å². The van der Waals surface area contributed by atoms with Crippen LogP contribution in [0.3, 0.4) is 0 Å². The van der Waals surface area contributed by atoms with Crippen LogP contribution in [0.4, 0.5) is 5.69 Å². The minimum Gasteiger partial charge on any atom is -0.421 e. The molecule has 0 saturated heterocycles. The molecule has 0 spiro atoms. The number of fused-ring (bicyclic) bond motifs is 1. The van der Waals surface area contributed by atoms with Crippen molar-refractivity contribution in [3.8, 4) is 11.5 Å². The van der Waals surface area contributed by atoms with E-state index in [2.05, 4.69) is 30.2 Å². The standard InChI is InChI=1S/C17H22N6O3S/c1-3-6-27(24,25)23-12-7-11(8-12)20-15-13-4-5-18-16(13)19-9-14(15)17-22-21-10(2)26-17/h4-5,9,11-12,23H,3,6-8H2,1-2H3,(H2,18,19,20). The molecule has 3 aromatic heterocycles. The Hall–Kier alpha value is -2.46. The maximum atomic E-state index is 11.9. The number of anilines is 1. The molecule has 0 amide bonds. The molecule has 3 aromatic rings.